The molecule has 3 N–H and O–H groups in total. The van der Waals surface area contributed by atoms with Crippen molar-refractivity contribution in [1.82, 2.24) is 0 Å². The fraction of sp³-hybridized carbons (Fsp3) is 1.00. The minimum atomic E-state index is -1.21. The van der Waals surface area contributed by atoms with E-state index < -0.39 is 30.7 Å². The molecular weight excluding hydrogens is 200 g/mol. The maximum atomic E-state index is 9.56. The maximum absolute atomic E-state index is 9.56. The second-order valence-electron chi connectivity index (χ2n) is 3.91. The number of ether oxygens (including phenoxy) is 2. The molecule has 90 valence electrons. The highest BCUT2D eigenvalue weighted by atomic mass is 16.7. The molecule has 5 heteroatoms. The van der Waals surface area contributed by atoms with E-state index in [4.69, 9.17) is 9.47 Å². The van der Waals surface area contributed by atoms with E-state index in [0.717, 1.165) is 12.8 Å². The van der Waals surface area contributed by atoms with Gasteiger partial charge in [-0.1, -0.05) is 13.3 Å². The molecule has 2 unspecified atom stereocenters. The lowest BCUT2D eigenvalue weighted by Gasteiger charge is -2.38. The van der Waals surface area contributed by atoms with E-state index in [1.165, 1.54) is 0 Å². The van der Waals surface area contributed by atoms with Crippen LogP contribution in [0, 0.1) is 0 Å². The molecular formula is C10H20O5. The highest BCUT2D eigenvalue weighted by Crippen LogP contribution is 2.21. The summed E-state index contributed by atoms with van der Waals surface area (Å²) in [6.45, 7) is 4.15. The van der Waals surface area contributed by atoms with Gasteiger partial charge in [0.15, 0.2) is 6.29 Å². The zero-order valence-corrected chi connectivity index (χ0v) is 9.17. The second kappa shape index (κ2) is 5.77. The summed E-state index contributed by atoms with van der Waals surface area (Å²) in [5.74, 6) is 0. The van der Waals surface area contributed by atoms with Crippen molar-refractivity contribution in [3.05, 3.63) is 0 Å². The predicted octanol–water partition coefficient (Wildman–Crippen LogP) is -0.369. The molecule has 1 saturated heterocycles. The van der Waals surface area contributed by atoms with Gasteiger partial charge in [-0.25, -0.2) is 0 Å². The monoisotopic (exact) mass is 220 g/mol. The van der Waals surface area contributed by atoms with Gasteiger partial charge in [0, 0.05) is 6.61 Å². The number of aliphatic hydroxyl groups excluding tert-OH is 3. The van der Waals surface area contributed by atoms with Crippen molar-refractivity contribution in [2.24, 2.45) is 0 Å². The van der Waals surface area contributed by atoms with Crippen molar-refractivity contribution in [3.63, 3.8) is 0 Å². The van der Waals surface area contributed by atoms with Crippen LogP contribution in [0.5, 0.6) is 0 Å². The minimum Gasteiger partial charge on any atom is -0.388 e. The van der Waals surface area contributed by atoms with Gasteiger partial charge < -0.3 is 24.8 Å². The van der Waals surface area contributed by atoms with Gasteiger partial charge in [-0.05, 0) is 13.3 Å². The summed E-state index contributed by atoms with van der Waals surface area (Å²) < 4.78 is 10.5. The SMILES string of the molecule is CCCCO[C@@H]1OC(C)[C@H](O)[C@H](O)C1O. The van der Waals surface area contributed by atoms with Crippen LogP contribution < -0.4 is 0 Å². The van der Waals surface area contributed by atoms with E-state index in [9.17, 15) is 15.3 Å². The average molecular weight is 220 g/mol. The Kier molecular flexibility index (Phi) is 4.95. The van der Waals surface area contributed by atoms with E-state index >= 15 is 0 Å². The Balaban J connectivity index is 2.43. The van der Waals surface area contributed by atoms with E-state index in [-0.39, 0.29) is 0 Å². The molecule has 15 heavy (non-hydrogen) atoms. The van der Waals surface area contributed by atoms with E-state index in [1.54, 1.807) is 6.92 Å². The molecule has 0 saturated carbocycles. The average Bonchev–Trinajstić information content (AvgIpc) is 2.23. The van der Waals surface area contributed by atoms with Crippen molar-refractivity contribution in [3.8, 4) is 0 Å². The standard InChI is InChI=1S/C10H20O5/c1-3-4-5-14-10-9(13)8(12)7(11)6(2)15-10/h6-13H,3-5H2,1-2H3/t6?,7-,8-,9?,10+/m0/s1. The molecule has 0 bridgehead atoms. The quantitative estimate of drug-likeness (QED) is 0.563. The van der Waals surface area contributed by atoms with E-state index in [2.05, 4.69) is 0 Å². The van der Waals surface area contributed by atoms with Gasteiger partial charge in [-0.2, -0.15) is 0 Å². The van der Waals surface area contributed by atoms with Gasteiger partial charge >= 0.3 is 0 Å². The molecule has 1 aliphatic rings. The summed E-state index contributed by atoms with van der Waals surface area (Å²) in [7, 11) is 0. The van der Waals surface area contributed by atoms with Crippen LogP contribution in [0.25, 0.3) is 0 Å². The molecule has 1 rings (SSSR count). The van der Waals surface area contributed by atoms with Crippen molar-refractivity contribution in [2.75, 3.05) is 6.61 Å². The van der Waals surface area contributed by atoms with Crippen molar-refractivity contribution >= 4 is 0 Å². The maximum Gasteiger partial charge on any atom is 0.186 e. The van der Waals surface area contributed by atoms with Crippen LogP contribution in [0.1, 0.15) is 26.7 Å². The molecule has 0 radical (unpaired) electrons. The van der Waals surface area contributed by atoms with E-state index in [0.29, 0.717) is 6.61 Å². The first kappa shape index (κ1) is 12.9. The fourth-order valence-corrected chi connectivity index (χ4v) is 1.49. The Labute approximate surface area is 89.6 Å². The topological polar surface area (TPSA) is 79.2 Å². The number of hydrogen-bond donors (Lipinski definition) is 3. The van der Waals surface area contributed by atoms with Gasteiger partial charge in [0.05, 0.1) is 6.10 Å². The molecule has 5 atom stereocenters. The molecule has 5 nitrogen and oxygen atoms in total. The lowest BCUT2D eigenvalue weighted by Crippen LogP contribution is -2.57. The molecule has 0 aromatic carbocycles. The Hall–Kier alpha value is -0.200. The van der Waals surface area contributed by atoms with Gasteiger partial charge in [-0.3, -0.25) is 0 Å². The molecule has 0 aromatic rings. The lowest BCUT2D eigenvalue weighted by atomic mass is 10.0. The molecule has 1 heterocycles. The molecule has 1 fully saturated rings. The Morgan fingerprint density at radius 2 is 1.80 bits per heavy atom. The van der Waals surface area contributed by atoms with Gasteiger partial charge in [0.1, 0.15) is 18.3 Å². The van der Waals surface area contributed by atoms with Gasteiger partial charge in [0.25, 0.3) is 0 Å². The number of hydrogen-bond acceptors (Lipinski definition) is 5. The molecule has 0 amide bonds. The Morgan fingerprint density at radius 3 is 2.40 bits per heavy atom. The largest absolute Gasteiger partial charge is 0.388 e. The van der Waals surface area contributed by atoms with Crippen LogP contribution in [0.3, 0.4) is 0 Å². The highest BCUT2D eigenvalue weighted by molar-refractivity contribution is 4.87. The third kappa shape index (κ3) is 3.12. The molecule has 0 aromatic heterocycles. The third-order valence-corrected chi connectivity index (χ3v) is 2.59. The summed E-state index contributed by atoms with van der Waals surface area (Å²) in [6, 6.07) is 0. The summed E-state index contributed by atoms with van der Waals surface area (Å²) >= 11 is 0. The summed E-state index contributed by atoms with van der Waals surface area (Å²) in [6.07, 6.45) is -2.97. The second-order valence-corrected chi connectivity index (χ2v) is 3.91. The predicted molar refractivity (Wildman–Crippen MR) is 53.2 cm³/mol. The summed E-state index contributed by atoms with van der Waals surface area (Å²) in [5, 5.41) is 28.5. The van der Waals surface area contributed by atoms with Crippen LogP contribution in [0.4, 0.5) is 0 Å². The summed E-state index contributed by atoms with van der Waals surface area (Å²) in [4.78, 5) is 0. The normalized spacial score (nSPS) is 41.8. The highest BCUT2D eigenvalue weighted by Gasteiger charge is 2.42. The van der Waals surface area contributed by atoms with Crippen LogP contribution in [-0.4, -0.2) is 52.6 Å². The molecule has 0 spiro atoms. The smallest absolute Gasteiger partial charge is 0.186 e. The first-order valence-electron chi connectivity index (χ1n) is 5.39. The van der Waals surface area contributed by atoms with Crippen LogP contribution in [0.2, 0.25) is 0 Å². The van der Waals surface area contributed by atoms with Crippen molar-refractivity contribution in [2.45, 2.75) is 57.4 Å². The van der Waals surface area contributed by atoms with Crippen molar-refractivity contribution < 1.29 is 24.8 Å². The van der Waals surface area contributed by atoms with Crippen LogP contribution in [-0.2, 0) is 9.47 Å². The third-order valence-electron chi connectivity index (χ3n) is 2.59. The lowest BCUT2D eigenvalue weighted by molar-refractivity contribution is -0.293. The molecule has 1 aliphatic heterocycles. The van der Waals surface area contributed by atoms with Gasteiger partial charge in [-0.15, -0.1) is 0 Å². The molecule has 0 aliphatic carbocycles. The van der Waals surface area contributed by atoms with Gasteiger partial charge in [0.2, 0.25) is 0 Å². The van der Waals surface area contributed by atoms with Crippen LogP contribution >= 0.6 is 0 Å². The zero-order valence-electron chi connectivity index (χ0n) is 9.17. The number of rotatable bonds is 4. The van der Waals surface area contributed by atoms with Crippen molar-refractivity contribution in [1.29, 1.82) is 0 Å². The first-order chi connectivity index (χ1) is 7.07. The van der Waals surface area contributed by atoms with E-state index in [1.807, 2.05) is 6.92 Å². The fourth-order valence-electron chi connectivity index (χ4n) is 1.49. The zero-order chi connectivity index (χ0) is 11.4. The first-order valence-corrected chi connectivity index (χ1v) is 5.39. The number of unbranched alkanes of at least 4 members (excludes halogenated alkanes) is 1. The number of aliphatic hydroxyl groups is 3. The van der Waals surface area contributed by atoms with Crippen LogP contribution in [0.15, 0.2) is 0 Å². The Bertz CT molecular complexity index is 187. The minimum absolute atomic E-state index is 0.480. The Morgan fingerprint density at radius 1 is 1.13 bits per heavy atom. The summed E-state index contributed by atoms with van der Waals surface area (Å²) in [5.41, 5.74) is 0.